The summed E-state index contributed by atoms with van der Waals surface area (Å²) in [5.74, 6) is 0.878. The molecule has 2 aromatic heterocycles. The highest BCUT2D eigenvalue weighted by Crippen LogP contribution is 2.21. The molecule has 3 rings (SSSR count). The molecular formula is C15H14N2O. The van der Waals surface area contributed by atoms with Gasteiger partial charge in [0.15, 0.2) is 0 Å². The highest BCUT2D eigenvalue weighted by Gasteiger charge is 2.14. The lowest BCUT2D eigenvalue weighted by molar-refractivity contribution is 0.556. The zero-order valence-corrected chi connectivity index (χ0v) is 10.0. The SMILES string of the molecule is C(=C1/CCCN=C1c1cccnc1)/c1ccco1. The summed E-state index contributed by atoms with van der Waals surface area (Å²) in [5.41, 5.74) is 3.35. The lowest BCUT2D eigenvalue weighted by Gasteiger charge is -2.15. The lowest BCUT2D eigenvalue weighted by Crippen LogP contribution is -2.11. The minimum Gasteiger partial charge on any atom is -0.465 e. The number of hydrogen-bond acceptors (Lipinski definition) is 3. The first-order valence-corrected chi connectivity index (χ1v) is 6.13. The summed E-state index contributed by atoms with van der Waals surface area (Å²) >= 11 is 0. The van der Waals surface area contributed by atoms with Crippen LogP contribution in [0.15, 0.2) is 57.9 Å². The molecule has 0 aromatic carbocycles. The second-order valence-corrected chi connectivity index (χ2v) is 4.26. The Morgan fingerprint density at radius 3 is 3.00 bits per heavy atom. The Morgan fingerprint density at radius 1 is 1.22 bits per heavy atom. The Morgan fingerprint density at radius 2 is 2.22 bits per heavy atom. The van der Waals surface area contributed by atoms with Crippen LogP contribution in [0.25, 0.3) is 6.08 Å². The molecule has 3 heteroatoms. The molecule has 90 valence electrons. The maximum Gasteiger partial charge on any atom is 0.126 e. The molecule has 0 saturated heterocycles. The maximum atomic E-state index is 5.37. The predicted molar refractivity (Wildman–Crippen MR) is 71.6 cm³/mol. The van der Waals surface area contributed by atoms with E-state index in [1.165, 1.54) is 5.57 Å². The van der Waals surface area contributed by atoms with Gasteiger partial charge in [-0.15, -0.1) is 0 Å². The average Bonchev–Trinajstić information content (AvgIpc) is 2.93. The Bertz CT molecular complexity index is 568. The molecule has 2 aromatic rings. The minimum atomic E-state index is 0.878. The van der Waals surface area contributed by atoms with Crippen molar-refractivity contribution in [1.29, 1.82) is 0 Å². The van der Waals surface area contributed by atoms with Crippen molar-refractivity contribution in [2.24, 2.45) is 4.99 Å². The molecule has 3 heterocycles. The standard InChI is InChI=1S/C15H14N2O/c1-5-13(11-16-7-1)15-12(4-2-8-17-15)10-14-6-3-9-18-14/h1,3,5-7,9-11H,2,4,8H2/b12-10+. The molecule has 0 atom stereocenters. The molecule has 1 aliphatic heterocycles. The zero-order chi connectivity index (χ0) is 12.2. The Labute approximate surface area is 106 Å². The molecule has 3 nitrogen and oxygen atoms in total. The normalized spacial score (nSPS) is 17.8. The summed E-state index contributed by atoms with van der Waals surface area (Å²) in [4.78, 5) is 8.79. The van der Waals surface area contributed by atoms with Gasteiger partial charge in [0.25, 0.3) is 0 Å². The van der Waals surface area contributed by atoms with Gasteiger partial charge in [0.05, 0.1) is 12.0 Å². The molecule has 1 aliphatic rings. The number of pyridine rings is 1. The number of hydrogen-bond donors (Lipinski definition) is 0. The fraction of sp³-hybridized carbons (Fsp3) is 0.200. The van der Waals surface area contributed by atoms with Crippen LogP contribution in [-0.4, -0.2) is 17.2 Å². The van der Waals surface area contributed by atoms with Gasteiger partial charge in [0.1, 0.15) is 5.76 Å². The van der Waals surface area contributed by atoms with Gasteiger partial charge in [0, 0.05) is 24.5 Å². The van der Waals surface area contributed by atoms with Crippen LogP contribution in [0.5, 0.6) is 0 Å². The van der Waals surface area contributed by atoms with Crippen molar-refractivity contribution in [3.8, 4) is 0 Å². The Balaban J connectivity index is 1.99. The van der Waals surface area contributed by atoms with Crippen molar-refractivity contribution in [3.05, 3.63) is 59.8 Å². The molecule has 0 radical (unpaired) electrons. The number of allylic oxidation sites excluding steroid dienone is 1. The van der Waals surface area contributed by atoms with Crippen LogP contribution in [0.3, 0.4) is 0 Å². The third-order valence-corrected chi connectivity index (χ3v) is 2.97. The van der Waals surface area contributed by atoms with E-state index in [9.17, 15) is 0 Å². The van der Waals surface area contributed by atoms with Crippen LogP contribution < -0.4 is 0 Å². The zero-order valence-electron chi connectivity index (χ0n) is 10.0. The number of furan rings is 1. The van der Waals surface area contributed by atoms with E-state index in [0.29, 0.717) is 0 Å². The van der Waals surface area contributed by atoms with Crippen molar-refractivity contribution < 1.29 is 4.42 Å². The number of aliphatic imine (C=N–C) groups is 1. The third-order valence-electron chi connectivity index (χ3n) is 2.97. The minimum absolute atomic E-state index is 0.878. The lowest BCUT2D eigenvalue weighted by atomic mass is 9.96. The number of rotatable bonds is 2. The van der Waals surface area contributed by atoms with Crippen LogP contribution >= 0.6 is 0 Å². The Kier molecular flexibility index (Phi) is 3.05. The first-order valence-electron chi connectivity index (χ1n) is 6.13. The van der Waals surface area contributed by atoms with Crippen molar-refractivity contribution in [2.45, 2.75) is 12.8 Å². The topological polar surface area (TPSA) is 38.4 Å². The smallest absolute Gasteiger partial charge is 0.126 e. The first kappa shape index (κ1) is 11.0. The summed E-state index contributed by atoms with van der Waals surface area (Å²) in [6.07, 6.45) is 9.54. The van der Waals surface area contributed by atoms with Gasteiger partial charge in [-0.05, 0) is 48.8 Å². The third kappa shape index (κ3) is 2.25. The molecule has 0 unspecified atom stereocenters. The fourth-order valence-electron chi connectivity index (χ4n) is 2.15. The quantitative estimate of drug-likeness (QED) is 0.804. The molecule has 0 fully saturated rings. The second-order valence-electron chi connectivity index (χ2n) is 4.26. The predicted octanol–water partition coefficient (Wildman–Crippen LogP) is 3.34. The van der Waals surface area contributed by atoms with Gasteiger partial charge in [-0.1, -0.05) is 0 Å². The molecule has 0 amide bonds. The van der Waals surface area contributed by atoms with Gasteiger partial charge in [0.2, 0.25) is 0 Å². The van der Waals surface area contributed by atoms with Gasteiger partial charge in [-0.25, -0.2) is 0 Å². The molecule has 0 N–H and O–H groups in total. The molecule has 0 bridgehead atoms. The van der Waals surface area contributed by atoms with E-state index in [-0.39, 0.29) is 0 Å². The largest absolute Gasteiger partial charge is 0.465 e. The van der Waals surface area contributed by atoms with Gasteiger partial charge >= 0.3 is 0 Å². The summed E-state index contributed by atoms with van der Waals surface area (Å²) in [6.45, 7) is 0.889. The summed E-state index contributed by atoms with van der Waals surface area (Å²) < 4.78 is 5.37. The van der Waals surface area contributed by atoms with Crippen molar-refractivity contribution in [3.63, 3.8) is 0 Å². The van der Waals surface area contributed by atoms with E-state index in [2.05, 4.69) is 16.1 Å². The monoisotopic (exact) mass is 238 g/mol. The second kappa shape index (κ2) is 5.00. The first-order chi connectivity index (χ1) is 8.93. The van der Waals surface area contributed by atoms with E-state index in [4.69, 9.17) is 4.42 Å². The summed E-state index contributed by atoms with van der Waals surface area (Å²) in [7, 11) is 0. The van der Waals surface area contributed by atoms with Gasteiger partial charge < -0.3 is 4.42 Å². The van der Waals surface area contributed by atoms with E-state index >= 15 is 0 Å². The highest BCUT2D eigenvalue weighted by atomic mass is 16.3. The average molecular weight is 238 g/mol. The van der Waals surface area contributed by atoms with Gasteiger partial charge in [-0.3, -0.25) is 9.98 Å². The molecule has 0 saturated carbocycles. The summed E-state index contributed by atoms with van der Waals surface area (Å²) in [6, 6.07) is 7.85. The highest BCUT2D eigenvalue weighted by molar-refractivity contribution is 6.15. The van der Waals surface area contributed by atoms with Crippen LogP contribution in [-0.2, 0) is 0 Å². The fourth-order valence-corrected chi connectivity index (χ4v) is 2.15. The molecule has 0 aliphatic carbocycles. The number of nitrogens with zero attached hydrogens (tertiary/aromatic N) is 2. The van der Waals surface area contributed by atoms with E-state index in [0.717, 1.165) is 36.4 Å². The maximum absolute atomic E-state index is 5.37. The van der Waals surface area contributed by atoms with E-state index in [1.54, 1.807) is 12.5 Å². The van der Waals surface area contributed by atoms with Crippen LogP contribution in [0.1, 0.15) is 24.2 Å². The Hall–Kier alpha value is -2.16. The molecule has 18 heavy (non-hydrogen) atoms. The van der Waals surface area contributed by atoms with Crippen molar-refractivity contribution >= 4 is 11.8 Å². The van der Waals surface area contributed by atoms with Crippen molar-refractivity contribution in [2.75, 3.05) is 6.54 Å². The van der Waals surface area contributed by atoms with Crippen molar-refractivity contribution in [1.82, 2.24) is 4.98 Å². The van der Waals surface area contributed by atoms with Crippen LogP contribution in [0, 0.1) is 0 Å². The van der Waals surface area contributed by atoms with Gasteiger partial charge in [-0.2, -0.15) is 0 Å². The molecular weight excluding hydrogens is 224 g/mol. The van der Waals surface area contributed by atoms with E-state index in [1.807, 2.05) is 30.5 Å². The van der Waals surface area contributed by atoms with Crippen LogP contribution in [0.4, 0.5) is 0 Å². The molecule has 0 spiro atoms. The summed E-state index contributed by atoms with van der Waals surface area (Å²) in [5, 5.41) is 0. The number of aromatic nitrogens is 1. The van der Waals surface area contributed by atoms with Crippen LogP contribution in [0.2, 0.25) is 0 Å². The van der Waals surface area contributed by atoms with E-state index < -0.39 is 0 Å².